The van der Waals surface area contributed by atoms with Crippen molar-refractivity contribution in [2.24, 2.45) is 0 Å². The Balaban J connectivity index is 3.60. The SMILES string of the molecule is Nc1cc(C(F)(F)F)c(C(=O)Cl)cc1C(F)(F)F. The van der Waals surface area contributed by atoms with Crippen LogP contribution in [-0.2, 0) is 12.4 Å². The molecule has 0 saturated carbocycles. The van der Waals surface area contributed by atoms with Crippen LogP contribution in [0.5, 0.6) is 0 Å². The highest BCUT2D eigenvalue weighted by Gasteiger charge is 2.40. The molecular weight excluding hydrogens is 288 g/mol. The molecule has 0 amide bonds. The number of carbonyl (C=O) groups excluding carboxylic acids is 1. The summed E-state index contributed by atoms with van der Waals surface area (Å²) in [7, 11) is 0. The van der Waals surface area contributed by atoms with Crippen molar-refractivity contribution in [3.05, 3.63) is 28.8 Å². The van der Waals surface area contributed by atoms with E-state index in [1.54, 1.807) is 0 Å². The standard InChI is InChI=1S/C9H4ClF6NO/c10-7(18)3-1-5(9(14,15)16)6(17)2-4(3)8(11,12)13/h1-2H,17H2. The van der Waals surface area contributed by atoms with Gasteiger partial charge in [-0.3, -0.25) is 4.79 Å². The highest BCUT2D eigenvalue weighted by atomic mass is 35.5. The van der Waals surface area contributed by atoms with Crippen LogP contribution in [0.2, 0.25) is 0 Å². The van der Waals surface area contributed by atoms with Gasteiger partial charge in [-0.15, -0.1) is 0 Å². The molecule has 0 heterocycles. The summed E-state index contributed by atoms with van der Waals surface area (Å²) in [6.45, 7) is 0. The lowest BCUT2D eigenvalue weighted by Gasteiger charge is -2.15. The predicted molar refractivity (Wildman–Crippen MR) is 51.0 cm³/mol. The quantitative estimate of drug-likeness (QED) is 0.487. The molecule has 0 aliphatic heterocycles. The third kappa shape index (κ3) is 2.87. The topological polar surface area (TPSA) is 43.1 Å². The number of rotatable bonds is 1. The van der Waals surface area contributed by atoms with Gasteiger partial charge < -0.3 is 5.73 Å². The minimum absolute atomic E-state index is 0.00646. The van der Waals surface area contributed by atoms with Crippen LogP contribution in [0.3, 0.4) is 0 Å². The largest absolute Gasteiger partial charge is 0.418 e. The number of nitrogen functional groups attached to an aromatic ring is 1. The molecule has 0 aliphatic carbocycles. The van der Waals surface area contributed by atoms with Gasteiger partial charge in [-0.1, -0.05) is 0 Å². The van der Waals surface area contributed by atoms with Crippen LogP contribution in [0.4, 0.5) is 32.0 Å². The molecule has 2 nitrogen and oxygen atoms in total. The van der Waals surface area contributed by atoms with E-state index in [4.69, 9.17) is 17.3 Å². The van der Waals surface area contributed by atoms with Gasteiger partial charge in [0.2, 0.25) is 0 Å². The zero-order valence-electron chi connectivity index (χ0n) is 8.29. The van der Waals surface area contributed by atoms with Crippen molar-refractivity contribution in [3.63, 3.8) is 0 Å². The van der Waals surface area contributed by atoms with Gasteiger partial charge in [-0.25, -0.2) is 0 Å². The third-order valence-corrected chi connectivity index (χ3v) is 2.22. The average molecular weight is 292 g/mol. The van der Waals surface area contributed by atoms with Gasteiger partial charge in [0.05, 0.1) is 11.1 Å². The summed E-state index contributed by atoms with van der Waals surface area (Å²) in [5.41, 5.74) is -0.662. The van der Waals surface area contributed by atoms with Crippen molar-refractivity contribution in [3.8, 4) is 0 Å². The summed E-state index contributed by atoms with van der Waals surface area (Å²) >= 11 is 4.84. The number of hydrogen-bond acceptors (Lipinski definition) is 2. The van der Waals surface area contributed by atoms with Crippen LogP contribution in [0.1, 0.15) is 21.5 Å². The number of carbonyl (C=O) groups is 1. The van der Waals surface area contributed by atoms with Crippen LogP contribution in [0, 0.1) is 0 Å². The number of alkyl halides is 6. The lowest BCUT2D eigenvalue weighted by Crippen LogP contribution is -2.16. The summed E-state index contributed by atoms with van der Waals surface area (Å²) in [5, 5.41) is -1.65. The molecule has 18 heavy (non-hydrogen) atoms. The van der Waals surface area contributed by atoms with E-state index >= 15 is 0 Å². The molecule has 9 heteroatoms. The molecule has 1 aromatic rings. The van der Waals surface area contributed by atoms with E-state index in [1.807, 2.05) is 0 Å². The molecule has 0 aromatic heterocycles. The van der Waals surface area contributed by atoms with Gasteiger partial charge in [0, 0.05) is 11.3 Å². The van der Waals surface area contributed by atoms with Gasteiger partial charge in [0.25, 0.3) is 5.24 Å². The highest BCUT2D eigenvalue weighted by Crippen LogP contribution is 2.40. The van der Waals surface area contributed by atoms with E-state index in [1.165, 1.54) is 0 Å². The first-order valence-electron chi connectivity index (χ1n) is 4.22. The van der Waals surface area contributed by atoms with E-state index in [9.17, 15) is 31.1 Å². The fourth-order valence-electron chi connectivity index (χ4n) is 1.26. The third-order valence-electron chi connectivity index (χ3n) is 2.01. The molecule has 1 aromatic carbocycles. The maximum Gasteiger partial charge on any atom is 0.418 e. The van der Waals surface area contributed by atoms with Crippen molar-refractivity contribution in [2.75, 3.05) is 5.73 Å². The van der Waals surface area contributed by atoms with Crippen LogP contribution >= 0.6 is 11.6 Å². The smallest absolute Gasteiger partial charge is 0.398 e. The molecule has 0 bridgehead atoms. The molecule has 0 atom stereocenters. The van der Waals surface area contributed by atoms with E-state index in [0.29, 0.717) is 0 Å². The summed E-state index contributed by atoms with van der Waals surface area (Å²) < 4.78 is 74.6. The number of anilines is 1. The second-order valence-electron chi connectivity index (χ2n) is 3.25. The molecule has 0 saturated heterocycles. The van der Waals surface area contributed by atoms with E-state index in [-0.39, 0.29) is 12.1 Å². The minimum atomic E-state index is -5.03. The fraction of sp³-hybridized carbons (Fsp3) is 0.222. The molecule has 1 rings (SSSR count). The van der Waals surface area contributed by atoms with Crippen LogP contribution < -0.4 is 5.73 Å². The van der Waals surface area contributed by atoms with Crippen molar-refractivity contribution in [2.45, 2.75) is 12.4 Å². The van der Waals surface area contributed by atoms with E-state index in [0.717, 1.165) is 0 Å². The van der Waals surface area contributed by atoms with Gasteiger partial charge >= 0.3 is 12.4 Å². The Morgan fingerprint density at radius 2 is 1.44 bits per heavy atom. The first-order valence-corrected chi connectivity index (χ1v) is 4.60. The van der Waals surface area contributed by atoms with Crippen molar-refractivity contribution < 1.29 is 31.1 Å². The highest BCUT2D eigenvalue weighted by molar-refractivity contribution is 6.68. The monoisotopic (exact) mass is 291 g/mol. The van der Waals surface area contributed by atoms with Gasteiger partial charge in [0.15, 0.2) is 0 Å². The molecule has 0 radical (unpaired) electrons. The first-order chi connectivity index (χ1) is 7.94. The molecule has 0 aliphatic rings. The molecule has 100 valence electrons. The Hall–Kier alpha value is -1.44. The molecule has 2 N–H and O–H groups in total. The second kappa shape index (κ2) is 4.34. The zero-order chi connectivity index (χ0) is 14.3. The lowest BCUT2D eigenvalue weighted by molar-refractivity contribution is -0.141. The summed E-state index contributed by atoms with van der Waals surface area (Å²) in [6.07, 6.45) is -10.0. The second-order valence-corrected chi connectivity index (χ2v) is 3.60. The van der Waals surface area contributed by atoms with Crippen LogP contribution in [0.15, 0.2) is 12.1 Å². The summed E-state index contributed by atoms with van der Waals surface area (Å²) in [6, 6.07) is 0.0337. The Labute approximate surface area is 101 Å². The van der Waals surface area contributed by atoms with Crippen molar-refractivity contribution >= 4 is 22.5 Å². The maximum atomic E-state index is 12.5. The summed E-state index contributed by atoms with van der Waals surface area (Å²) in [4.78, 5) is 10.8. The number of hydrogen-bond donors (Lipinski definition) is 1. The number of halogens is 7. The van der Waals surface area contributed by atoms with Gasteiger partial charge in [-0.2, -0.15) is 26.3 Å². The molecule has 0 spiro atoms. The molecular formula is C9H4ClF6NO. The van der Waals surface area contributed by atoms with Crippen molar-refractivity contribution in [1.29, 1.82) is 0 Å². The zero-order valence-corrected chi connectivity index (χ0v) is 9.04. The fourth-order valence-corrected chi connectivity index (χ4v) is 1.42. The molecule has 0 fully saturated rings. The van der Waals surface area contributed by atoms with E-state index in [2.05, 4.69) is 0 Å². The Bertz CT molecular complexity index is 493. The van der Waals surface area contributed by atoms with Crippen LogP contribution in [-0.4, -0.2) is 5.24 Å². The number of nitrogens with two attached hydrogens (primary N) is 1. The average Bonchev–Trinajstić information content (AvgIpc) is 2.13. The van der Waals surface area contributed by atoms with Crippen LogP contribution in [0.25, 0.3) is 0 Å². The Kier molecular flexibility index (Phi) is 3.53. The Morgan fingerprint density at radius 3 is 1.78 bits per heavy atom. The van der Waals surface area contributed by atoms with Crippen molar-refractivity contribution in [1.82, 2.24) is 0 Å². The maximum absolute atomic E-state index is 12.5. The van der Waals surface area contributed by atoms with E-state index < -0.39 is 40.0 Å². The minimum Gasteiger partial charge on any atom is -0.398 e. The lowest BCUT2D eigenvalue weighted by atomic mass is 10.0. The Morgan fingerprint density at radius 1 is 1.00 bits per heavy atom. The predicted octanol–water partition coefficient (Wildman–Crippen LogP) is 3.69. The first kappa shape index (κ1) is 14.6. The van der Waals surface area contributed by atoms with Gasteiger partial charge in [0.1, 0.15) is 0 Å². The summed E-state index contributed by atoms with van der Waals surface area (Å²) in [5.74, 6) is 0. The normalized spacial score (nSPS) is 12.6. The molecule has 0 unspecified atom stereocenters. The van der Waals surface area contributed by atoms with Gasteiger partial charge in [-0.05, 0) is 23.7 Å². The number of benzene rings is 1.